The fourth-order valence-electron chi connectivity index (χ4n) is 3.75. The third-order valence-corrected chi connectivity index (χ3v) is 5.14. The predicted octanol–water partition coefficient (Wildman–Crippen LogP) is 0.596. The number of hydrogen-bond acceptors (Lipinski definition) is 4. The number of urea groups is 1. The Labute approximate surface area is 145 Å². The number of nitrogens with zero attached hydrogens (tertiary/aromatic N) is 2. The van der Waals surface area contributed by atoms with Crippen LogP contribution >= 0.6 is 12.4 Å². The van der Waals surface area contributed by atoms with Crippen LogP contribution in [0.3, 0.4) is 0 Å². The van der Waals surface area contributed by atoms with Crippen molar-refractivity contribution in [3.63, 3.8) is 0 Å². The van der Waals surface area contributed by atoms with E-state index in [-0.39, 0.29) is 43.7 Å². The average molecular weight is 360 g/mol. The first-order valence-corrected chi connectivity index (χ1v) is 8.08. The van der Waals surface area contributed by atoms with Gasteiger partial charge >= 0.3 is 12.0 Å². The first-order valence-electron chi connectivity index (χ1n) is 8.08. The number of aliphatic carboxylic acids is 1. The molecule has 1 saturated carbocycles. The van der Waals surface area contributed by atoms with E-state index >= 15 is 0 Å². The number of amides is 4. The molecule has 2 N–H and O–H groups in total. The molecule has 1 aliphatic carbocycles. The van der Waals surface area contributed by atoms with Crippen LogP contribution in [0.4, 0.5) is 4.79 Å². The van der Waals surface area contributed by atoms with E-state index in [4.69, 9.17) is 5.11 Å². The molecule has 1 atom stereocenters. The maximum atomic E-state index is 12.5. The van der Waals surface area contributed by atoms with Gasteiger partial charge in [0.05, 0.1) is 5.92 Å². The summed E-state index contributed by atoms with van der Waals surface area (Å²) in [6.07, 6.45) is 3.66. The number of imide groups is 1. The fraction of sp³-hybridized carbons (Fsp3) is 0.733. The minimum absolute atomic E-state index is 0. The largest absolute Gasteiger partial charge is 0.481 e. The second-order valence-corrected chi connectivity index (χ2v) is 6.59. The lowest BCUT2D eigenvalue weighted by atomic mass is 9.98. The van der Waals surface area contributed by atoms with Crippen LogP contribution in [0.1, 0.15) is 38.5 Å². The topological polar surface area (TPSA) is 107 Å². The summed E-state index contributed by atoms with van der Waals surface area (Å²) in [5.74, 6) is -1.84. The first-order chi connectivity index (χ1) is 10.9. The normalized spacial score (nSPS) is 25.1. The Balaban J connectivity index is 0.00000208. The molecule has 3 aliphatic rings. The zero-order valence-corrected chi connectivity index (χ0v) is 14.1. The number of likely N-dealkylation sites (tertiary alicyclic amines) is 1. The molecule has 0 aromatic heterocycles. The summed E-state index contributed by atoms with van der Waals surface area (Å²) < 4.78 is 0. The number of carbonyl (C=O) groups excluding carboxylic acids is 3. The van der Waals surface area contributed by atoms with Gasteiger partial charge in [-0.3, -0.25) is 19.3 Å². The molecule has 134 valence electrons. The molecule has 3 fully saturated rings. The van der Waals surface area contributed by atoms with E-state index in [1.807, 2.05) is 0 Å². The number of halogens is 1. The van der Waals surface area contributed by atoms with Gasteiger partial charge in [0.1, 0.15) is 5.54 Å². The van der Waals surface area contributed by atoms with Crippen LogP contribution in [0.15, 0.2) is 0 Å². The third-order valence-electron chi connectivity index (χ3n) is 5.14. The van der Waals surface area contributed by atoms with Crippen molar-refractivity contribution < 1.29 is 24.3 Å². The molecule has 1 unspecified atom stereocenters. The summed E-state index contributed by atoms with van der Waals surface area (Å²) in [4.78, 5) is 50.2. The van der Waals surface area contributed by atoms with Crippen LogP contribution in [-0.2, 0) is 14.4 Å². The van der Waals surface area contributed by atoms with Gasteiger partial charge in [0.2, 0.25) is 5.91 Å². The number of hydrogen-bond donors (Lipinski definition) is 2. The van der Waals surface area contributed by atoms with Crippen molar-refractivity contribution in [1.29, 1.82) is 0 Å². The first kappa shape index (κ1) is 18.5. The highest BCUT2D eigenvalue weighted by Gasteiger charge is 2.52. The predicted molar refractivity (Wildman–Crippen MR) is 85.6 cm³/mol. The van der Waals surface area contributed by atoms with Gasteiger partial charge in [-0.25, -0.2) is 4.79 Å². The van der Waals surface area contributed by atoms with Gasteiger partial charge < -0.3 is 15.3 Å². The highest BCUT2D eigenvalue weighted by atomic mass is 35.5. The summed E-state index contributed by atoms with van der Waals surface area (Å²) in [7, 11) is 0. The van der Waals surface area contributed by atoms with Crippen molar-refractivity contribution in [1.82, 2.24) is 15.1 Å². The zero-order valence-electron chi connectivity index (χ0n) is 13.3. The van der Waals surface area contributed by atoms with Gasteiger partial charge in [-0.15, -0.1) is 12.4 Å². The second-order valence-electron chi connectivity index (χ2n) is 6.59. The number of nitrogens with one attached hydrogen (secondary N) is 1. The number of carboxylic acids is 1. The Bertz CT molecular complexity index is 561. The van der Waals surface area contributed by atoms with Gasteiger partial charge in [0.25, 0.3) is 5.91 Å². The number of carbonyl (C=O) groups is 4. The van der Waals surface area contributed by atoms with Crippen LogP contribution < -0.4 is 5.32 Å². The van der Waals surface area contributed by atoms with Gasteiger partial charge in [-0.2, -0.15) is 0 Å². The van der Waals surface area contributed by atoms with Crippen molar-refractivity contribution in [3.05, 3.63) is 0 Å². The molecule has 9 heteroatoms. The zero-order chi connectivity index (χ0) is 16.6. The lowest BCUT2D eigenvalue weighted by Crippen LogP contribution is -2.44. The van der Waals surface area contributed by atoms with E-state index in [9.17, 15) is 19.2 Å². The van der Waals surface area contributed by atoms with Gasteiger partial charge in [0.15, 0.2) is 0 Å². The molecule has 0 bridgehead atoms. The monoisotopic (exact) mass is 359 g/mol. The van der Waals surface area contributed by atoms with Gasteiger partial charge in [-0.05, 0) is 19.3 Å². The van der Waals surface area contributed by atoms with Crippen LogP contribution in [0.5, 0.6) is 0 Å². The van der Waals surface area contributed by atoms with Crippen molar-refractivity contribution >= 4 is 36.2 Å². The van der Waals surface area contributed by atoms with Crippen molar-refractivity contribution in [2.24, 2.45) is 5.92 Å². The summed E-state index contributed by atoms with van der Waals surface area (Å²) in [6.45, 7) is 0.678. The third kappa shape index (κ3) is 3.19. The molecule has 0 aromatic rings. The smallest absolute Gasteiger partial charge is 0.325 e. The SMILES string of the molecule is Cl.O=C(O)C1CCN(C(=O)CCN2C(=O)NC3(CCCC3)C2=O)C1. The Hall–Kier alpha value is -1.83. The number of carboxylic acid groups (broad SMARTS) is 1. The van der Waals surface area contributed by atoms with Crippen LogP contribution in [-0.4, -0.2) is 63.9 Å². The molecule has 0 aromatic carbocycles. The molecule has 24 heavy (non-hydrogen) atoms. The Morgan fingerprint density at radius 2 is 1.92 bits per heavy atom. The Morgan fingerprint density at radius 3 is 2.50 bits per heavy atom. The van der Waals surface area contributed by atoms with Crippen molar-refractivity contribution in [3.8, 4) is 0 Å². The molecular formula is C15H22ClN3O5. The van der Waals surface area contributed by atoms with E-state index < -0.39 is 23.5 Å². The molecule has 1 spiro atoms. The fourth-order valence-corrected chi connectivity index (χ4v) is 3.75. The highest BCUT2D eigenvalue weighted by molar-refractivity contribution is 6.07. The lowest BCUT2D eigenvalue weighted by molar-refractivity contribution is -0.141. The minimum atomic E-state index is -0.891. The molecule has 2 heterocycles. The summed E-state index contributed by atoms with van der Waals surface area (Å²) in [5, 5.41) is 11.7. The molecule has 0 radical (unpaired) electrons. The molecule has 3 rings (SSSR count). The second kappa shape index (κ2) is 6.96. The average Bonchev–Trinajstić information content (AvgIpc) is 3.20. The van der Waals surface area contributed by atoms with E-state index in [1.165, 1.54) is 4.90 Å². The van der Waals surface area contributed by atoms with E-state index in [0.29, 0.717) is 25.8 Å². The Kier molecular flexibility index (Phi) is 5.37. The Morgan fingerprint density at radius 1 is 1.25 bits per heavy atom. The molecule has 4 amide bonds. The lowest BCUT2D eigenvalue weighted by Gasteiger charge is -2.21. The molecule has 2 saturated heterocycles. The van der Waals surface area contributed by atoms with Crippen LogP contribution in [0.2, 0.25) is 0 Å². The summed E-state index contributed by atoms with van der Waals surface area (Å²) in [5.41, 5.74) is -0.748. The highest BCUT2D eigenvalue weighted by Crippen LogP contribution is 2.35. The van der Waals surface area contributed by atoms with Gasteiger partial charge in [0, 0.05) is 26.1 Å². The maximum absolute atomic E-state index is 12.5. The van der Waals surface area contributed by atoms with Crippen molar-refractivity contribution in [2.75, 3.05) is 19.6 Å². The van der Waals surface area contributed by atoms with Crippen molar-refractivity contribution in [2.45, 2.75) is 44.1 Å². The summed E-state index contributed by atoms with van der Waals surface area (Å²) in [6, 6.07) is -0.422. The summed E-state index contributed by atoms with van der Waals surface area (Å²) >= 11 is 0. The minimum Gasteiger partial charge on any atom is -0.481 e. The quantitative estimate of drug-likeness (QED) is 0.715. The van der Waals surface area contributed by atoms with E-state index in [1.54, 1.807) is 0 Å². The van der Waals surface area contributed by atoms with E-state index in [2.05, 4.69) is 5.32 Å². The van der Waals surface area contributed by atoms with Gasteiger partial charge in [-0.1, -0.05) is 12.8 Å². The number of rotatable bonds is 4. The standard InChI is InChI=1S/C15H21N3O5.ClH/c19-11(17-7-3-10(9-17)12(20)21)4-8-18-13(22)15(16-14(18)23)5-1-2-6-15;/h10H,1-9H2,(H,16,23)(H,20,21);1H. The molecule has 8 nitrogen and oxygen atoms in total. The maximum Gasteiger partial charge on any atom is 0.325 e. The molecule has 2 aliphatic heterocycles. The molecular weight excluding hydrogens is 338 g/mol. The van der Waals surface area contributed by atoms with Crippen LogP contribution in [0.25, 0.3) is 0 Å². The van der Waals surface area contributed by atoms with E-state index in [0.717, 1.165) is 17.7 Å². The van der Waals surface area contributed by atoms with Crippen LogP contribution in [0, 0.1) is 5.92 Å².